The van der Waals surface area contributed by atoms with Crippen LogP contribution in [0.2, 0.25) is 0 Å². The van der Waals surface area contributed by atoms with E-state index in [0.29, 0.717) is 24.3 Å². The van der Waals surface area contributed by atoms with Crippen molar-refractivity contribution in [1.29, 1.82) is 0 Å². The highest BCUT2D eigenvalue weighted by atomic mass is 16.5. The number of ether oxygens (including phenoxy) is 3. The summed E-state index contributed by atoms with van der Waals surface area (Å²) in [5.74, 6) is 1.41. The molecule has 5 nitrogen and oxygen atoms in total. The Labute approximate surface area is 185 Å². The highest BCUT2D eigenvalue weighted by Gasteiger charge is 2.24. The summed E-state index contributed by atoms with van der Waals surface area (Å²) in [6.07, 6.45) is -1.56. The van der Waals surface area contributed by atoms with Crippen molar-refractivity contribution in [3.8, 4) is 11.5 Å². The molecule has 0 fully saturated rings. The molecule has 31 heavy (non-hydrogen) atoms. The predicted molar refractivity (Wildman–Crippen MR) is 123 cm³/mol. The van der Waals surface area contributed by atoms with Crippen LogP contribution in [0.15, 0.2) is 85.0 Å². The van der Waals surface area contributed by atoms with Gasteiger partial charge in [-0.1, -0.05) is 60.7 Å². The standard InChI is InChI=1S/C26H34O5/c1-19(2)25(15-21(27)17-29-23-11-7-5-8-12-23)31-26(20(3)4)16-22(28)18-30-24-13-9-6-10-14-24/h5-14,21-22,25-28H,1,3,15-18H2,2,4H3. The number of para-hydroxylation sites is 2. The Bertz CT molecular complexity index is 722. The molecule has 2 aromatic carbocycles. The highest BCUT2D eigenvalue weighted by Crippen LogP contribution is 2.21. The van der Waals surface area contributed by atoms with Crippen molar-refractivity contribution < 1.29 is 24.4 Å². The van der Waals surface area contributed by atoms with Crippen LogP contribution in [0.5, 0.6) is 11.5 Å². The highest BCUT2D eigenvalue weighted by molar-refractivity contribution is 5.21. The lowest BCUT2D eigenvalue weighted by molar-refractivity contribution is -0.0326. The Balaban J connectivity index is 1.86. The minimum atomic E-state index is -0.723. The van der Waals surface area contributed by atoms with E-state index in [1.807, 2.05) is 74.5 Å². The number of aliphatic hydroxyl groups excluding tert-OH is 2. The molecule has 2 aromatic rings. The van der Waals surface area contributed by atoms with Gasteiger partial charge in [-0.3, -0.25) is 0 Å². The van der Waals surface area contributed by atoms with Gasteiger partial charge in [0.1, 0.15) is 24.7 Å². The van der Waals surface area contributed by atoms with Crippen LogP contribution in [-0.4, -0.2) is 47.8 Å². The minimum Gasteiger partial charge on any atom is -0.491 e. The second kappa shape index (κ2) is 13.0. The maximum Gasteiger partial charge on any atom is 0.119 e. The second-order valence-corrected chi connectivity index (χ2v) is 7.83. The third-order valence-electron chi connectivity index (χ3n) is 4.77. The molecular formula is C26H34O5. The zero-order valence-corrected chi connectivity index (χ0v) is 18.4. The smallest absolute Gasteiger partial charge is 0.119 e. The first-order valence-corrected chi connectivity index (χ1v) is 10.5. The molecule has 0 heterocycles. The molecule has 0 aliphatic rings. The monoisotopic (exact) mass is 426 g/mol. The molecule has 2 N–H and O–H groups in total. The van der Waals surface area contributed by atoms with E-state index in [9.17, 15) is 10.2 Å². The first kappa shape index (κ1) is 24.7. The molecule has 0 aliphatic carbocycles. The maximum atomic E-state index is 10.4. The van der Waals surface area contributed by atoms with Crippen molar-refractivity contribution in [3.63, 3.8) is 0 Å². The lowest BCUT2D eigenvalue weighted by Crippen LogP contribution is -2.33. The number of hydrogen-bond acceptors (Lipinski definition) is 5. The van der Waals surface area contributed by atoms with Crippen LogP contribution in [0.1, 0.15) is 26.7 Å². The van der Waals surface area contributed by atoms with Crippen molar-refractivity contribution >= 4 is 0 Å². The number of aliphatic hydroxyl groups is 2. The van der Waals surface area contributed by atoms with Crippen molar-refractivity contribution in [2.45, 2.75) is 51.1 Å². The number of benzene rings is 2. The molecule has 0 bridgehead atoms. The lowest BCUT2D eigenvalue weighted by atomic mass is 10.0. The summed E-state index contributed by atoms with van der Waals surface area (Å²) in [6.45, 7) is 12.0. The first-order chi connectivity index (χ1) is 14.8. The van der Waals surface area contributed by atoms with E-state index in [0.717, 1.165) is 11.1 Å². The topological polar surface area (TPSA) is 68.2 Å². The average molecular weight is 427 g/mol. The summed E-state index contributed by atoms with van der Waals surface area (Å²) >= 11 is 0. The Morgan fingerprint density at radius 3 is 1.39 bits per heavy atom. The van der Waals surface area contributed by atoms with Crippen LogP contribution in [0, 0.1) is 0 Å². The van der Waals surface area contributed by atoms with Crippen molar-refractivity contribution in [2.75, 3.05) is 13.2 Å². The van der Waals surface area contributed by atoms with Crippen LogP contribution < -0.4 is 9.47 Å². The van der Waals surface area contributed by atoms with Crippen LogP contribution >= 0.6 is 0 Å². The van der Waals surface area contributed by atoms with Crippen molar-refractivity contribution in [3.05, 3.63) is 85.0 Å². The van der Waals surface area contributed by atoms with E-state index < -0.39 is 24.4 Å². The van der Waals surface area contributed by atoms with Gasteiger partial charge in [0, 0.05) is 12.8 Å². The fourth-order valence-corrected chi connectivity index (χ4v) is 2.99. The van der Waals surface area contributed by atoms with Gasteiger partial charge in [-0.25, -0.2) is 0 Å². The van der Waals surface area contributed by atoms with E-state index in [1.165, 1.54) is 0 Å². The molecule has 0 saturated heterocycles. The van der Waals surface area contributed by atoms with Gasteiger partial charge in [0.25, 0.3) is 0 Å². The van der Waals surface area contributed by atoms with Crippen LogP contribution in [0.4, 0.5) is 0 Å². The van der Waals surface area contributed by atoms with Gasteiger partial charge in [-0.15, -0.1) is 0 Å². The molecule has 4 atom stereocenters. The number of rotatable bonds is 14. The van der Waals surface area contributed by atoms with E-state index in [4.69, 9.17) is 14.2 Å². The third kappa shape index (κ3) is 9.39. The molecule has 168 valence electrons. The van der Waals surface area contributed by atoms with E-state index in [2.05, 4.69) is 13.2 Å². The molecule has 5 heteroatoms. The Hall–Kier alpha value is -2.60. The predicted octanol–water partition coefficient (Wildman–Crippen LogP) is 4.55. The average Bonchev–Trinajstić information content (AvgIpc) is 2.76. The number of hydrogen-bond donors (Lipinski definition) is 2. The van der Waals surface area contributed by atoms with Gasteiger partial charge >= 0.3 is 0 Å². The molecule has 0 aliphatic heterocycles. The first-order valence-electron chi connectivity index (χ1n) is 10.5. The Morgan fingerprint density at radius 2 is 1.06 bits per heavy atom. The molecule has 0 radical (unpaired) electrons. The molecule has 0 saturated carbocycles. The van der Waals surface area contributed by atoms with Gasteiger partial charge in [-0.2, -0.15) is 0 Å². The van der Waals surface area contributed by atoms with Crippen LogP contribution in [-0.2, 0) is 4.74 Å². The van der Waals surface area contributed by atoms with Crippen LogP contribution in [0.25, 0.3) is 0 Å². The summed E-state index contributed by atoms with van der Waals surface area (Å²) in [7, 11) is 0. The molecule has 0 spiro atoms. The molecular weight excluding hydrogens is 392 g/mol. The van der Waals surface area contributed by atoms with E-state index in [1.54, 1.807) is 0 Å². The van der Waals surface area contributed by atoms with Gasteiger partial charge in [0.05, 0.1) is 24.4 Å². The summed E-state index contributed by atoms with van der Waals surface area (Å²) in [5.41, 5.74) is 1.58. The minimum absolute atomic E-state index is 0.155. The largest absolute Gasteiger partial charge is 0.491 e. The zero-order valence-electron chi connectivity index (χ0n) is 18.4. The van der Waals surface area contributed by atoms with Gasteiger partial charge in [0.2, 0.25) is 0 Å². The van der Waals surface area contributed by atoms with Gasteiger partial charge in [0.15, 0.2) is 0 Å². The summed E-state index contributed by atoms with van der Waals surface area (Å²) in [4.78, 5) is 0. The molecule has 0 aromatic heterocycles. The summed E-state index contributed by atoms with van der Waals surface area (Å²) in [6, 6.07) is 18.7. The van der Waals surface area contributed by atoms with Crippen molar-refractivity contribution in [2.24, 2.45) is 0 Å². The fourth-order valence-electron chi connectivity index (χ4n) is 2.99. The zero-order chi connectivity index (χ0) is 22.6. The van der Waals surface area contributed by atoms with E-state index in [-0.39, 0.29) is 13.2 Å². The second-order valence-electron chi connectivity index (χ2n) is 7.83. The Morgan fingerprint density at radius 1 is 0.710 bits per heavy atom. The third-order valence-corrected chi connectivity index (χ3v) is 4.77. The quantitative estimate of drug-likeness (QED) is 0.434. The van der Waals surface area contributed by atoms with Gasteiger partial charge in [-0.05, 0) is 38.1 Å². The SMILES string of the molecule is C=C(C)C(CC(O)COc1ccccc1)OC(CC(O)COc1ccccc1)C(=C)C. The van der Waals surface area contributed by atoms with Crippen LogP contribution in [0.3, 0.4) is 0 Å². The Kier molecular flexibility index (Phi) is 10.3. The molecule has 0 amide bonds. The fraction of sp³-hybridized carbons (Fsp3) is 0.385. The summed E-state index contributed by atoms with van der Waals surface area (Å²) in [5, 5.41) is 20.9. The normalized spacial score (nSPS) is 14.8. The van der Waals surface area contributed by atoms with Crippen molar-refractivity contribution in [1.82, 2.24) is 0 Å². The van der Waals surface area contributed by atoms with Gasteiger partial charge < -0.3 is 24.4 Å². The van der Waals surface area contributed by atoms with E-state index >= 15 is 0 Å². The maximum absolute atomic E-state index is 10.4. The molecule has 2 rings (SSSR count). The lowest BCUT2D eigenvalue weighted by Gasteiger charge is -2.28. The molecule has 4 unspecified atom stereocenters. The summed E-state index contributed by atoms with van der Waals surface area (Å²) < 4.78 is 17.4.